The highest BCUT2D eigenvalue weighted by Crippen LogP contribution is 2.35. The number of aromatic nitrogens is 5. The summed E-state index contributed by atoms with van der Waals surface area (Å²) >= 11 is 0. The summed E-state index contributed by atoms with van der Waals surface area (Å²) in [5.74, 6) is 0.823. The van der Waals surface area contributed by atoms with Gasteiger partial charge in [-0.15, -0.1) is 0 Å². The Balaban J connectivity index is 1.23. The molecule has 0 saturated carbocycles. The van der Waals surface area contributed by atoms with Crippen LogP contribution < -0.4 is 15.0 Å². The first-order chi connectivity index (χ1) is 18.3. The minimum Gasteiger partial charge on any atom is -0.489 e. The summed E-state index contributed by atoms with van der Waals surface area (Å²) in [6.45, 7) is 4.20. The predicted molar refractivity (Wildman–Crippen MR) is 147 cm³/mol. The molecule has 3 N–H and O–H groups in total. The first kappa shape index (κ1) is 22.3. The Kier molecular flexibility index (Phi) is 5.74. The molecule has 1 aromatic carbocycles. The van der Waals surface area contributed by atoms with Crippen LogP contribution in [0, 0.1) is 0 Å². The maximum Gasteiger partial charge on any atom is 0.139 e. The Bertz CT molecular complexity index is 1540. The van der Waals surface area contributed by atoms with E-state index in [1.165, 1.54) is 24.9 Å². The summed E-state index contributed by atoms with van der Waals surface area (Å²) < 4.78 is 6.24. The third-order valence-electron chi connectivity index (χ3n) is 7.66. The van der Waals surface area contributed by atoms with Gasteiger partial charge in [-0.1, -0.05) is 6.07 Å². The van der Waals surface area contributed by atoms with Crippen molar-refractivity contribution in [2.45, 2.75) is 38.2 Å². The van der Waals surface area contributed by atoms with Crippen LogP contribution in [0.2, 0.25) is 0 Å². The van der Waals surface area contributed by atoms with E-state index in [-0.39, 0.29) is 6.10 Å². The van der Waals surface area contributed by atoms with E-state index < -0.39 is 0 Å². The van der Waals surface area contributed by atoms with Gasteiger partial charge in [0.2, 0.25) is 0 Å². The van der Waals surface area contributed by atoms with Crippen molar-refractivity contribution >= 4 is 27.6 Å². The molecule has 0 unspecified atom stereocenters. The maximum atomic E-state index is 6.24. The Hall–Kier alpha value is -3.91. The van der Waals surface area contributed by atoms with Crippen LogP contribution in [0.25, 0.3) is 44.5 Å². The molecule has 7 rings (SSSR count). The zero-order valence-electron chi connectivity index (χ0n) is 20.8. The van der Waals surface area contributed by atoms with E-state index in [2.05, 4.69) is 71.8 Å². The molecule has 8 heteroatoms. The minimum atomic E-state index is 0.242. The standard InChI is InChI=1S/C29H31N7O/c1-2-12-36(13-3-1)27-8-11-32-29-24(27)16-26(33-29)28-23-15-19(4-5-25(23)34-35-28)20-14-22(18-31-17-20)37-21-6-9-30-10-7-21/h4-5,8,11,14-18,21,30H,1-3,6-7,9-10,12-13H2,(H,32,33)(H,34,35). The van der Waals surface area contributed by atoms with E-state index >= 15 is 0 Å². The molecule has 2 saturated heterocycles. The fourth-order valence-electron chi connectivity index (χ4n) is 5.70. The SMILES string of the molecule is c1cc(N2CCCCC2)c2cc(-c3n[nH]c4ccc(-c5cncc(OC6CCNCC6)c5)cc34)[nH]c2n1. The summed E-state index contributed by atoms with van der Waals surface area (Å²) in [7, 11) is 0. The van der Waals surface area contributed by atoms with Gasteiger partial charge in [0.15, 0.2) is 0 Å². The monoisotopic (exact) mass is 493 g/mol. The van der Waals surface area contributed by atoms with Gasteiger partial charge in [-0.2, -0.15) is 5.10 Å². The first-order valence-corrected chi connectivity index (χ1v) is 13.4. The summed E-state index contributed by atoms with van der Waals surface area (Å²) in [4.78, 5) is 15.1. The third kappa shape index (κ3) is 4.31. The largest absolute Gasteiger partial charge is 0.489 e. The number of hydrogen-bond acceptors (Lipinski definition) is 6. The average molecular weight is 494 g/mol. The lowest BCUT2D eigenvalue weighted by Crippen LogP contribution is -2.34. The first-order valence-electron chi connectivity index (χ1n) is 13.4. The van der Waals surface area contributed by atoms with Gasteiger partial charge in [-0.05, 0) is 81.1 Å². The van der Waals surface area contributed by atoms with Gasteiger partial charge in [0.05, 0.1) is 17.4 Å². The van der Waals surface area contributed by atoms with E-state index in [4.69, 9.17) is 4.74 Å². The molecule has 2 aliphatic heterocycles. The number of fused-ring (bicyclic) bond motifs is 2. The second kappa shape index (κ2) is 9.52. The molecule has 0 amide bonds. The van der Waals surface area contributed by atoms with Crippen molar-refractivity contribution in [1.82, 2.24) is 30.5 Å². The van der Waals surface area contributed by atoms with Crippen molar-refractivity contribution in [3.8, 4) is 28.3 Å². The zero-order chi connectivity index (χ0) is 24.6. The molecule has 0 spiro atoms. The van der Waals surface area contributed by atoms with Crippen LogP contribution in [-0.4, -0.2) is 57.4 Å². The summed E-state index contributed by atoms with van der Waals surface area (Å²) in [6, 6.07) is 12.8. The van der Waals surface area contributed by atoms with Gasteiger partial charge in [0.25, 0.3) is 0 Å². The summed E-state index contributed by atoms with van der Waals surface area (Å²) in [5.41, 5.74) is 7.14. The number of pyridine rings is 2. The van der Waals surface area contributed by atoms with Gasteiger partial charge >= 0.3 is 0 Å². The molecular weight excluding hydrogens is 462 g/mol. The van der Waals surface area contributed by atoms with Gasteiger partial charge < -0.3 is 19.9 Å². The molecule has 8 nitrogen and oxygen atoms in total. The van der Waals surface area contributed by atoms with E-state index in [0.29, 0.717) is 0 Å². The lowest BCUT2D eigenvalue weighted by Gasteiger charge is -2.29. The number of nitrogens with one attached hydrogen (secondary N) is 3. The highest BCUT2D eigenvalue weighted by Gasteiger charge is 2.19. The van der Waals surface area contributed by atoms with Crippen LogP contribution in [0.3, 0.4) is 0 Å². The van der Waals surface area contributed by atoms with Gasteiger partial charge in [0.1, 0.15) is 23.2 Å². The van der Waals surface area contributed by atoms with E-state index in [1.807, 2.05) is 18.6 Å². The number of nitrogens with zero attached hydrogens (tertiary/aromatic N) is 4. The predicted octanol–water partition coefficient (Wildman–Crippen LogP) is 5.29. The Morgan fingerprint density at radius 3 is 2.68 bits per heavy atom. The molecule has 37 heavy (non-hydrogen) atoms. The quantitative estimate of drug-likeness (QED) is 0.308. The van der Waals surface area contributed by atoms with Gasteiger partial charge in [-0.25, -0.2) is 4.98 Å². The van der Waals surface area contributed by atoms with Crippen LogP contribution >= 0.6 is 0 Å². The number of aromatic amines is 2. The third-order valence-corrected chi connectivity index (χ3v) is 7.66. The minimum absolute atomic E-state index is 0.242. The fourth-order valence-corrected chi connectivity index (χ4v) is 5.70. The molecule has 6 heterocycles. The fraction of sp³-hybridized carbons (Fsp3) is 0.345. The number of hydrogen-bond donors (Lipinski definition) is 3. The summed E-state index contributed by atoms with van der Waals surface area (Å²) in [5, 5.41) is 13.5. The molecule has 0 bridgehead atoms. The van der Waals surface area contributed by atoms with Crippen LogP contribution in [0.4, 0.5) is 5.69 Å². The van der Waals surface area contributed by atoms with Gasteiger partial charge in [-0.3, -0.25) is 10.1 Å². The lowest BCUT2D eigenvalue weighted by atomic mass is 10.0. The van der Waals surface area contributed by atoms with Crippen molar-refractivity contribution in [3.63, 3.8) is 0 Å². The number of H-pyrrole nitrogens is 2. The molecule has 5 aromatic rings. The Morgan fingerprint density at radius 2 is 1.78 bits per heavy atom. The van der Waals surface area contributed by atoms with E-state index in [0.717, 1.165) is 89.2 Å². The number of benzene rings is 1. The molecule has 2 aliphatic rings. The number of ether oxygens (including phenoxy) is 1. The Morgan fingerprint density at radius 1 is 0.892 bits per heavy atom. The van der Waals surface area contributed by atoms with Crippen molar-refractivity contribution in [3.05, 3.63) is 55.0 Å². The molecule has 0 atom stereocenters. The van der Waals surface area contributed by atoms with Crippen LogP contribution in [-0.2, 0) is 0 Å². The van der Waals surface area contributed by atoms with Gasteiger partial charge in [0, 0.05) is 47.5 Å². The maximum absolute atomic E-state index is 6.24. The molecule has 4 aromatic heterocycles. The highest BCUT2D eigenvalue weighted by atomic mass is 16.5. The van der Waals surface area contributed by atoms with Crippen LogP contribution in [0.15, 0.2) is 55.0 Å². The second-order valence-electron chi connectivity index (χ2n) is 10.1. The molecular formula is C29H31N7O. The van der Waals surface area contributed by atoms with Crippen molar-refractivity contribution in [1.29, 1.82) is 0 Å². The molecule has 2 fully saturated rings. The lowest BCUT2D eigenvalue weighted by molar-refractivity contribution is 0.162. The number of piperidine rings is 2. The number of rotatable bonds is 5. The second-order valence-corrected chi connectivity index (χ2v) is 10.1. The van der Waals surface area contributed by atoms with Crippen molar-refractivity contribution in [2.75, 3.05) is 31.1 Å². The zero-order valence-corrected chi connectivity index (χ0v) is 20.8. The summed E-state index contributed by atoms with van der Waals surface area (Å²) in [6.07, 6.45) is 11.7. The smallest absolute Gasteiger partial charge is 0.139 e. The molecule has 0 aliphatic carbocycles. The van der Waals surface area contributed by atoms with Crippen LogP contribution in [0.5, 0.6) is 5.75 Å². The van der Waals surface area contributed by atoms with E-state index in [1.54, 1.807) is 0 Å². The highest BCUT2D eigenvalue weighted by molar-refractivity contribution is 5.99. The molecule has 0 radical (unpaired) electrons. The van der Waals surface area contributed by atoms with Crippen molar-refractivity contribution in [2.24, 2.45) is 0 Å². The molecule has 188 valence electrons. The Labute approximate surface area is 215 Å². The average Bonchev–Trinajstić information content (AvgIpc) is 3.58. The van der Waals surface area contributed by atoms with E-state index in [9.17, 15) is 0 Å². The van der Waals surface area contributed by atoms with Crippen LogP contribution in [0.1, 0.15) is 32.1 Å². The topological polar surface area (TPSA) is 94.8 Å². The normalized spacial score (nSPS) is 17.0. The van der Waals surface area contributed by atoms with Crippen molar-refractivity contribution < 1.29 is 4.74 Å². The number of anilines is 1.